The number of nitrogens with two attached hydrogens (primary N) is 1. The number of rotatable bonds is 3. The molecule has 104 valence electrons. The highest BCUT2D eigenvalue weighted by atomic mass is 15.2. The Morgan fingerprint density at radius 3 is 2.37 bits per heavy atom. The molecule has 1 saturated heterocycles. The molecule has 1 heterocycles. The van der Waals surface area contributed by atoms with Gasteiger partial charge in [-0.15, -0.1) is 0 Å². The molecule has 0 aromatic heterocycles. The first-order chi connectivity index (χ1) is 9.19. The second-order valence-corrected chi connectivity index (χ2v) is 6.47. The van der Waals surface area contributed by atoms with Crippen molar-refractivity contribution in [1.29, 1.82) is 0 Å². The molecule has 0 spiro atoms. The van der Waals surface area contributed by atoms with E-state index in [1.54, 1.807) is 0 Å². The molecular formula is C17H26N2. The van der Waals surface area contributed by atoms with E-state index in [1.807, 2.05) is 0 Å². The van der Waals surface area contributed by atoms with Gasteiger partial charge in [0, 0.05) is 12.1 Å². The van der Waals surface area contributed by atoms with Crippen LogP contribution in [-0.2, 0) is 0 Å². The molecule has 2 nitrogen and oxygen atoms in total. The monoisotopic (exact) mass is 258 g/mol. The lowest BCUT2D eigenvalue weighted by atomic mass is 9.83. The van der Waals surface area contributed by atoms with E-state index in [-0.39, 0.29) is 0 Å². The topological polar surface area (TPSA) is 29.3 Å². The number of hydrogen-bond acceptors (Lipinski definition) is 2. The lowest BCUT2D eigenvalue weighted by Gasteiger charge is -2.42. The second kappa shape index (κ2) is 5.26. The Balaban J connectivity index is 1.95. The van der Waals surface area contributed by atoms with E-state index in [1.165, 1.54) is 48.9 Å². The maximum atomic E-state index is 6.06. The Bertz CT molecular complexity index is 430. The minimum Gasteiger partial charge on any atom is -0.330 e. The molecule has 2 fully saturated rings. The molecule has 2 N–H and O–H groups in total. The quantitative estimate of drug-likeness (QED) is 0.902. The Labute approximate surface area is 117 Å². The number of nitrogens with zero attached hydrogens (tertiary/aromatic N) is 1. The van der Waals surface area contributed by atoms with E-state index in [0.29, 0.717) is 12.0 Å². The highest BCUT2D eigenvalue weighted by molar-refractivity contribution is 5.31. The van der Waals surface area contributed by atoms with Gasteiger partial charge in [0.2, 0.25) is 0 Å². The second-order valence-electron chi connectivity index (χ2n) is 6.47. The van der Waals surface area contributed by atoms with Crippen molar-refractivity contribution in [2.24, 2.45) is 11.7 Å². The summed E-state index contributed by atoms with van der Waals surface area (Å²) in [5, 5.41) is 0. The molecule has 2 heteroatoms. The van der Waals surface area contributed by atoms with E-state index >= 15 is 0 Å². The molecule has 1 aromatic carbocycles. The van der Waals surface area contributed by atoms with Crippen molar-refractivity contribution in [2.45, 2.75) is 51.6 Å². The van der Waals surface area contributed by atoms with Crippen molar-refractivity contribution in [3.05, 3.63) is 34.9 Å². The van der Waals surface area contributed by atoms with E-state index in [0.717, 1.165) is 12.6 Å². The van der Waals surface area contributed by atoms with E-state index in [9.17, 15) is 0 Å². The summed E-state index contributed by atoms with van der Waals surface area (Å²) in [5.74, 6) is 0.635. The van der Waals surface area contributed by atoms with E-state index in [2.05, 4.69) is 36.9 Å². The van der Waals surface area contributed by atoms with Gasteiger partial charge in [0.15, 0.2) is 0 Å². The highest BCUT2D eigenvalue weighted by Crippen LogP contribution is 2.42. The summed E-state index contributed by atoms with van der Waals surface area (Å²) in [6.07, 6.45) is 5.38. The van der Waals surface area contributed by atoms with Gasteiger partial charge in [0.05, 0.1) is 0 Å². The molecule has 1 aliphatic carbocycles. The van der Waals surface area contributed by atoms with Crippen molar-refractivity contribution in [2.75, 3.05) is 13.1 Å². The van der Waals surface area contributed by atoms with Crippen LogP contribution in [0.1, 0.15) is 48.4 Å². The van der Waals surface area contributed by atoms with Crippen molar-refractivity contribution < 1.29 is 0 Å². The maximum absolute atomic E-state index is 6.06. The molecule has 1 saturated carbocycles. The van der Waals surface area contributed by atoms with Crippen LogP contribution in [0.15, 0.2) is 18.2 Å². The van der Waals surface area contributed by atoms with Crippen molar-refractivity contribution >= 4 is 0 Å². The number of piperidine rings is 1. The summed E-state index contributed by atoms with van der Waals surface area (Å²) in [6, 6.07) is 8.41. The summed E-state index contributed by atoms with van der Waals surface area (Å²) in [4.78, 5) is 2.75. The fraction of sp³-hybridized carbons (Fsp3) is 0.647. The van der Waals surface area contributed by atoms with Gasteiger partial charge in [-0.2, -0.15) is 0 Å². The van der Waals surface area contributed by atoms with Gasteiger partial charge in [-0.1, -0.05) is 29.3 Å². The van der Waals surface area contributed by atoms with Gasteiger partial charge in [0.1, 0.15) is 0 Å². The SMILES string of the molecule is Cc1cc(C)cc(C2C(CN)CCCN2C2CC2)c1. The standard InChI is InChI=1S/C17H26N2/c1-12-8-13(2)10-15(9-12)17-14(11-18)4-3-7-19(17)16-5-6-16/h8-10,14,16-17H,3-7,11,18H2,1-2H3. The molecule has 2 unspecified atom stereocenters. The van der Waals surface area contributed by atoms with E-state index < -0.39 is 0 Å². The van der Waals surface area contributed by atoms with Gasteiger partial charge < -0.3 is 5.73 Å². The van der Waals surface area contributed by atoms with Gasteiger partial charge in [-0.25, -0.2) is 0 Å². The number of hydrogen-bond donors (Lipinski definition) is 1. The zero-order valence-corrected chi connectivity index (χ0v) is 12.2. The normalized spacial score (nSPS) is 28.6. The molecule has 3 rings (SSSR count). The average molecular weight is 258 g/mol. The van der Waals surface area contributed by atoms with Gasteiger partial charge in [0.25, 0.3) is 0 Å². The molecule has 2 aliphatic rings. The van der Waals surface area contributed by atoms with Crippen molar-refractivity contribution in [3.8, 4) is 0 Å². The predicted molar refractivity (Wildman–Crippen MR) is 80.2 cm³/mol. The van der Waals surface area contributed by atoms with E-state index in [4.69, 9.17) is 5.73 Å². The zero-order valence-electron chi connectivity index (χ0n) is 12.2. The minimum absolute atomic E-state index is 0.560. The van der Waals surface area contributed by atoms with Crippen LogP contribution in [0.3, 0.4) is 0 Å². The van der Waals surface area contributed by atoms with Crippen LogP contribution >= 0.6 is 0 Å². The van der Waals surface area contributed by atoms with Crippen LogP contribution in [0.2, 0.25) is 0 Å². The fourth-order valence-electron chi connectivity index (χ4n) is 3.81. The maximum Gasteiger partial charge on any atom is 0.0391 e. The minimum atomic E-state index is 0.560. The molecule has 0 amide bonds. The number of aryl methyl sites for hydroxylation is 2. The molecule has 0 radical (unpaired) electrons. The van der Waals surface area contributed by atoms with Crippen LogP contribution in [0.25, 0.3) is 0 Å². The summed E-state index contributed by atoms with van der Waals surface area (Å²) < 4.78 is 0. The Hall–Kier alpha value is -0.860. The molecule has 1 aliphatic heterocycles. The average Bonchev–Trinajstić information content (AvgIpc) is 3.20. The first-order valence-electron chi connectivity index (χ1n) is 7.73. The largest absolute Gasteiger partial charge is 0.330 e. The van der Waals surface area contributed by atoms with Crippen LogP contribution in [0, 0.1) is 19.8 Å². The number of likely N-dealkylation sites (tertiary alicyclic amines) is 1. The summed E-state index contributed by atoms with van der Waals surface area (Å²) >= 11 is 0. The third-order valence-electron chi connectivity index (χ3n) is 4.70. The fourth-order valence-corrected chi connectivity index (χ4v) is 3.81. The Morgan fingerprint density at radius 1 is 1.11 bits per heavy atom. The van der Waals surface area contributed by atoms with Gasteiger partial charge >= 0.3 is 0 Å². The number of benzene rings is 1. The predicted octanol–water partition coefficient (Wildman–Crippen LogP) is 3.18. The summed E-state index contributed by atoms with van der Waals surface area (Å²) in [6.45, 7) is 6.50. The first-order valence-corrected chi connectivity index (χ1v) is 7.73. The van der Waals surface area contributed by atoms with Gasteiger partial charge in [-0.05, 0) is 64.1 Å². The zero-order chi connectivity index (χ0) is 13.4. The van der Waals surface area contributed by atoms with Crippen LogP contribution in [0.4, 0.5) is 0 Å². The molecule has 19 heavy (non-hydrogen) atoms. The molecule has 0 bridgehead atoms. The smallest absolute Gasteiger partial charge is 0.0391 e. The Morgan fingerprint density at radius 2 is 1.79 bits per heavy atom. The lowest BCUT2D eigenvalue weighted by molar-refractivity contribution is 0.0879. The molecule has 2 atom stereocenters. The van der Waals surface area contributed by atoms with Crippen LogP contribution in [0.5, 0.6) is 0 Å². The van der Waals surface area contributed by atoms with Gasteiger partial charge in [-0.3, -0.25) is 4.90 Å². The molecule has 1 aromatic rings. The van der Waals surface area contributed by atoms with Crippen LogP contribution in [-0.4, -0.2) is 24.0 Å². The summed E-state index contributed by atoms with van der Waals surface area (Å²) in [5.41, 5.74) is 10.3. The third kappa shape index (κ3) is 2.70. The summed E-state index contributed by atoms with van der Waals surface area (Å²) in [7, 11) is 0. The first kappa shape index (κ1) is 13.1. The van der Waals surface area contributed by atoms with Crippen LogP contribution < -0.4 is 5.73 Å². The third-order valence-corrected chi connectivity index (χ3v) is 4.70. The lowest BCUT2D eigenvalue weighted by Crippen LogP contribution is -2.42. The molecular weight excluding hydrogens is 232 g/mol. The Kier molecular flexibility index (Phi) is 3.64. The highest BCUT2D eigenvalue weighted by Gasteiger charge is 2.39. The van der Waals surface area contributed by atoms with Crippen molar-refractivity contribution in [1.82, 2.24) is 4.90 Å². The van der Waals surface area contributed by atoms with Crippen molar-refractivity contribution in [3.63, 3.8) is 0 Å².